The van der Waals surface area contributed by atoms with Gasteiger partial charge in [0.05, 0.1) is 6.26 Å². The summed E-state index contributed by atoms with van der Waals surface area (Å²) in [5.74, 6) is 0.539. The fourth-order valence-corrected chi connectivity index (χ4v) is 1.78. The average Bonchev–Trinajstić information content (AvgIpc) is 2.78. The SMILES string of the molecule is CCC(=O)Nc1ccc2occ(CCN(C)C)c2n1. The van der Waals surface area contributed by atoms with Crippen molar-refractivity contribution in [3.63, 3.8) is 0 Å². The van der Waals surface area contributed by atoms with Crippen molar-refractivity contribution in [2.24, 2.45) is 0 Å². The van der Waals surface area contributed by atoms with Gasteiger partial charge in [-0.1, -0.05) is 6.92 Å². The summed E-state index contributed by atoms with van der Waals surface area (Å²) in [6, 6.07) is 3.60. The Labute approximate surface area is 112 Å². The predicted molar refractivity (Wildman–Crippen MR) is 75.2 cm³/mol. The summed E-state index contributed by atoms with van der Waals surface area (Å²) in [7, 11) is 4.06. The number of anilines is 1. The standard InChI is InChI=1S/C14H19N3O2/c1-4-13(18)15-12-6-5-11-14(16-12)10(9-19-11)7-8-17(2)3/h5-6,9H,4,7-8H2,1-3H3,(H,15,16,18). The number of hydrogen-bond donors (Lipinski definition) is 1. The molecule has 0 unspecified atom stereocenters. The van der Waals surface area contributed by atoms with Crippen LogP contribution in [-0.4, -0.2) is 36.4 Å². The van der Waals surface area contributed by atoms with Crippen LogP contribution in [0.2, 0.25) is 0 Å². The third-order valence-electron chi connectivity index (χ3n) is 2.91. The first-order valence-corrected chi connectivity index (χ1v) is 6.42. The van der Waals surface area contributed by atoms with Crippen LogP contribution in [0, 0.1) is 0 Å². The number of furan rings is 1. The molecule has 2 aromatic rings. The maximum atomic E-state index is 11.4. The normalized spacial score (nSPS) is 11.2. The minimum atomic E-state index is -0.0369. The quantitative estimate of drug-likeness (QED) is 0.897. The molecule has 102 valence electrons. The van der Waals surface area contributed by atoms with Crippen molar-refractivity contribution in [1.82, 2.24) is 9.88 Å². The molecule has 0 aliphatic carbocycles. The molecule has 0 radical (unpaired) electrons. The van der Waals surface area contributed by atoms with Crippen LogP contribution in [-0.2, 0) is 11.2 Å². The molecule has 0 fully saturated rings. The van der Waals surface area contributed by atoms with Gasteiger partial charge in [0.25, 0.3) is 0 Å². The number of carbonyl (C=O) groups excluding carboxylic acids is 1. The zero-order valence-corrected chi connectivity index (χ0v) is 11.6. The van der Waals surface area contributed by atoms with Crippen molar-refractivity contribution >= 4 is 22.8 Å². The van der Waals surface area contributed by atoms with E-state index in [1.807, 2.05) is 27.1 Å². The second-order valence-electron chi connectivity index (χ2n) is 4.76. The van der Waals surface area contributed by atoms with Gasteiger partial charge in [0, 0.05) is 18.5 Å². The van der Waals surface area contributed by atoms with Gasteiger partial charge in [-0.25, -0.2) is 4.98 Å². The highest BCUT2D eigenvalue weighted by Crippen LogP contribution is 2.21. The molecule has 5 heteroatoms. The first-order valence-electron chi connectivity index (χ1n) is 6.42. The first kappa shape index (κ1) is 13.5. The highest BCUT2D eigenvalue weighted by molar-refractivity contribution is 5.91. The van der Waals surface area contributed by atoms with Crippen LogP contribution in [0.3, 0.4) is 0 Å². The summed E-state index contributed by atoms with van der Waals surface area (Å²) >= 11 is 0. The van der Waals surface area contributed by atoms with Gasteiger partial charge in [0.15, 0.2) is 5.58 Å². The number of carbonyl (C=O) groups is 1. The molecule has 0 saturated heterocycles. The molecular formula is C14H19N3O2. The van der Waals surface area contributed by atoms with Gasteiger partial charge in [-0.15, -0.1) is 0 Å². The number of nitrogens with zero attached hydrogens (tertiary/aromatic N) is 2. The molecule has 5 nitrogen and oxygen atoms in total. The maximum Gasteiger partial charge on any atom is 0.225 e. The zero-order valence-electron chi connectivity index (χ0n) is 11.6. The first-order chi connectivity index (χ1) is 9.10. The van der Waals surface area contributed by atoms with Gasteiger partial charge >= 0.3 is 0 Å². The molecule has 2 heterocycles. The highest BCUT2D eigenvalue weighted by Gasteiger charge is 2.09. The van der Waals surface area contributed by atoms with Gasteiger partial charge in [-0.3, -0.25) is 4.79 Å². The summed E-state index contributed by atoms with van der Waals surface area (Å²) in [4.78, 5) is 17.9. The van der Waals surface area contributed by atoms with Crippen LogP contribution in [0.25, 0.3) is 11.1 Å². The van der Waals surface area contributed by atoms with Gasteiger partial charge in [-0.2, -0.15) is 0 Å². The number of aromatic nitrogens is 1. The number of nitrogens with one attached hydrogen (secondary N) is 1. The lowest BCUT2D eigenvalue weighted by Gasteiger charge is -2.07. The summed E-state index contributed by atoms with van der Waals surface area (Å²) in [6.07, 6.45) is 3.06. The molecule has 0 saturated carbocycles. The Morgan fingerprint density at radius 3 is 2.89 bits per heavy atom. The van der Waals surface area contributed by atoms with Crippen LogP contribution in [0.5, 0.6) is 0 Å². The van der Waals surface area contributed by atoms with Crippen molar-refractivity contribution in [1.29, 1.82) is 0 Å². The molecule has 1 amide bonds. The van der Waals surface area contributed by atoms with E-state index in [0.717, 1.165) is 29.6 Å². The van der Waals surface area contributed by atoms with E-state index in [4.69, 9.17) is 4.42 Å². The van der Waals surface area contributed by atoms with E-state index < -0.39 is 0 Å². The molecular weight excluding hydrogens is 242 g/mol. The van der Waals surface area contributed by atoms with Gasteiger partial charge < -0.3 is 14.6 Å². The van der Waals surface area contributed by atoms with E-state index in [1.54, 1.807) is 12.3 Å². The molecule has 0 atom stereocenters. The number of likely N-dealkylation sites (N-methyl/N-ethyl adjacent to an activating group) is 1. The third kappa shape index (κ3) is 3.32. The predicted octanol–water partition coefficient (Wildman–Crippen LogP) is 2.28. The summed E-state index contributed by atoms with van der Waals surface area (Å²) < 4.78 is 5.47. The molecule has 0 aliphatic heterocycles. The van der Waals surface area contributed by atoms with Crippen LogP contribution < -0.4 is 5.32 Å². The van der Waals surface area contributed by atoms with E-state index in [9.17, 15) is 4.79 Å². The second kappa shape index (κ2) is 5.84. The van der Waals surface area contributed by atoms with Crippen molar-refractivity contribution in [2.75, 3.05) is 26.0 Å². The summed E-state index contributed by atoms with van der Waals surface area (Å²) in [5, 5.41) is 2.76. The Balaban J connectivity index is 2.24. The minimum Gasteiger partial charge on any atom is -0.462 e. The van der Waals surface area contributed by atoms with Crippen LogP contribution in [0.1, 0.15) is 18.9 Å². The fourth-order valence-electron chi connectivity index (χ4n) is 1.78. The smallest absolute Gasteiger partial charge is 0.225 e. The van der Waals surface area contributed by atoms with E-state index in [1.165, 1.54) is 0 Å². The molecule has 0 aromatic carbocycles. The number of pyridine rings is 1. The van der Waals surface area contributed by atoms with Crippen LogP contribution >= 0.6 is 0 Å². The summed E-state index contributed by atoms with van der Waals surface area (Å²) in [6.45, 7) is 2.75. The third-order valence-corrected chi connectivity index (χ3v) is 2.91. The highest BCUT2D eigenvalue weighted by atomic mass is 16.3. The van der Waals surface area contributed by atoms with Crippen molar-refractivity contribution in [2.45, 2.75) is 19.8 Å². The average molecular weight is 261 g/mol. The second-order valence-corrected chi connectivity index (χ2v) is 4.76. The Morgan fingerprint density at radius 1 is 1.42 bits per heavy atom. The van der Waals surface area contributed by atoms with Gasteiger partial charge in [0.1, 0.15) is 11.3 Å². The Morgan fingerprint density at radius 2 is 2.21 bits per heavy atom. The lowest BCUT2D eigenvalue weighted by molar-refractivity contribution is -0.115. The monoisotopic (exact) mass is 261 g/mol. The van der Waals surface area contributed by atoms with Crippen molar-refractivity contribution in [3.8, 4) is 0 Å². The Hall–Kier alpha value is -1.88. The van der Waals surface area contributed by atoms with E-state index in [2.05, 4.69) is 15.2 Å². The zero-order chi connectivity index (χ0) is 13.8. The number of rotatable bonds is 5. The maximum absolute atomic E-state index is 11.4. The molecule has 0 bridgehead atoms. The van der Waals surface area contributed by atoms with Crippen LogP contribution in [0.4, 0.5) is 5.82 Å². The van der Waals surface area contributed by atoms with E-state index >= 15 is 0 Å². The number of hydrogen-bond acceptors (Lipinski definition) is 4. The van der Waals surface area contributed by atoms with Crippen LogP contribution in [0.15, 0.2) is 22.8 Å². The van der Waals surface area contributed by atoms with Gasteiger partial charge in [-0.05, 0) is 32.6 Å². The van der Waals surface area contributed by atoms with Gasteiger partial charge in [0.2, 0.25) is 5.91 Å². The lowest BCUT2D eigenvalue weighted by atomic mass is 10.2. The van der Waals surface area contributed by atoms with E-state index in [0.29, 0.717) is 12.2 Å². The van der Waals surface area contributed by atoms with Crippen molar-refractivity contribution in [3.05, 3.63) is 24.0 Å². The Kier molecular flexibility index (Phi) is 4.16. The number of amides is 1. The molecule has 2 rings (SSSR count). The largest absolute Gasteiger partial charge is 0.462 e. The molecule has 0 spiro atoms. The molecule has 19 heavy (non-hydrogen) atoms. The lowest BCUT2D eigenvalue weighted by Crippen LogP contribution is -2.15. The molecule has 0 aliphatic rings. The van der Waals surface area contributed by atoms with Crippen molar-refractivity contribution < 1.29 is 9.21 Å². The van der Waals surface area contributed by atoms with E-state index in [-0.39, 0.29) is 5.91 Å². The summed E-state index contributed by atoms with van der Waals surface area (Å²) in [5.41, 5.74) is 2.65. The number of fused-ring (bicyclic) bond motifs is 1. The molecule has 2 aromatic heterocycles. The minimum absolute atomic E-state index is 0.0369. The molecule has 1 N–H and O–H groups in total. The Bertz CT molecular complexity index is 575. The fraction of sp³-hybridized carbons (Fsp3) is 0.429. The topological polar surface area (TPSA) is 58.4 Å².